The number of aryl methyl sites for hydroxylation is 1. The molecule has 4 N–H and O–H groups in total. The quantitative estimate of drug-likeness (QED) is 0.128. The summed E-state index contributed by atoms with van der Waals surface area (Å²) in [6.07, 6.45) is 2.03. The minimum Gasteiger partial charge on any atom is -0.461 e. The number of halogens is 2. The molecule has 56 heavy (non-hydrogen) atoms. The molecule has 0 aliphatic carbocycles. The van der Waals surface area contributed by atoms with Crippen molar-refractivity contribution >= 4 is 50.1 Å². The maximum absolute atomic E-state index is 15.3. The minimum atomic E-state index is -4.49. The summed E-state index contributed by atoms with van der Waals surface area (Å²) >= 11 is 0. The van der Waals surface area contributed by atoms with E-state index in [1.165, 1.54) is 80.3 Å². The van der Waals surface area contributed by atoms with Gasteiger partial charge in [-0.2, -0.15) is 0 Å². The molecule has 5 rings (SSSR count). The van der Waals surface area contributed by atoms with E-state index in [1.807, 2.05) is 4.72 Å². The van der Waals surface area contributed by atoms with E-state index in [0.29, 0.717) is 23.2 Å². The van der Waals surface area contributed by atoms with Gasteiger partial charge in [0.25, 0.3) is 21.5 Å². The van der Waals surface area contributed by atoms with Crippen LogP contribution in [0, 0.1) is 17.0 Å². The molecular weight excluding hydrogens is 755 g/mol. The molecule has 0 saturated heterocycles. The first kappa shape index (κ1) is 40.9. The van der Waals surface area contributed by atoms with Crippen LogP contribution < -0.4 is 26.6 Å². The lowest BCUT2D eigenvalue weighted by molar-refractivity contribution is -0.149. The Kier molecular flexibility index (Phi) is 11.8. The number of esters is 1. The summed E-state index contributed by atoms with van der Waals surface area (Å²) in [5.41, 5.74) is -2.72. The number of nitrogens with zero attached hydrogens (tertiary/aromatic N) is 3. The number of ether oxygens (including phenoxy) is 1. The third-order valence-corrected chi connectivity index (χ3v) is 10.0. The van der Waals surface area contributed by atoms with Gasteiger partial charge < -0.3 is 20.5 Å². The number of anilines is 2. The standard InChI is InChI=1S/C38H38F2N6O9S/c1-21(2)55-35(50)31(16-22-6-10-24(11-7-22)46-34(49)26-14-15-41-19-32(26)45(5)37(46)52)43-33(48)27-17-29(40)30(18-28(27)39)44-56(53,54)25-12-8-23(9-13-25)42-36(51)38(3,4)20-47/h6-15,17-19,21,31,44,47H,16,20H2,1-5H3,(H,42,51)(H,43,48)/t31-/m0/s1. The van der Waals surface area contributed by atoms with Gasteiger partial charge in [-0.25, -0.2) is 31.4 Å². The molecule has 18 heteroatoms. The van der Waals surface area contributed by atoms with Gasteiger partial charge in [-0.05, 0) is 81.8 Å². The van der Waals surface area contributed by atoms with Gasteiger partial charge in [0.15, 0.2) is 0 Å². The number of aliphatic hydroxyl groups is 1. The number of pyridine rings is 1. The largest absolute Gasteiger partial charge is 0.461 e. The number of carbonyl (C=O) groups excluding carboxylic acids is 3. The number of benzene rings is 3. The van der Waals surface area contributed by atoms with Gasteiger partial charge in [0, 0.05) is 31.4 Å². The number of carbonyl (C=O) groups is 3. The minimum absolute atomic E-state index is 0.197. The van der Waals surface area contributed by atoms with Gasteiger partial charge in [0.05, 0.1) is 57.1 Å². The van der Waals surface area contributed by atoms with Crippen LogP contribution in [0.3, 0.4) is 0 Å². The monoisotopic (exact) mass is 792 g/mol. The van der Waals surface area contributed by atoms with Crippen LogP contribution >= 0.6 is 0 Å². The van der Waals surface area contributed by atoms with Gasteiger partial charge >= 0.3 is 11.7 Å². The number of aliphatic hydroxyl groups excluding tert-OH is 1. The summed E-state index contributed by atoms with van der Waals surface area (Å²) in [7, 11) is -2.99. The van der Waals surface area contributed by atoms with E-state index in [9.17, 15) is 37.5 Å². The highest BCUT2D eigenvalue weighted by atomic mass is 32.2. The number of nitrogens with one attached hydrogen (secondary N) is 3. The number of fused-ring (bicyclic) bond motifs is 1. The van der Waals surface area contributed by atoms with Crippen LogP contribution in [0.25, 0.3) is 16.6 Å². The fourth-order valence-electron chi connectivity index (χ4n) is 5.38. The maximum Gasteiger partial charge on any atom is 0.335 e. The molecule has 0 spiro atoms. The van der Waals surface area contributed by atoms with Gasteiger partial charge in [-0.1, -0.05) is 12.1 Å². The molecule has 0 radical (unpaired) electrons. The number of hydrogen-bond acceptors (Lipinski definition) is 10. The van der Waals surface area contributed by atoms with Crippen LogP contribution in [-0.4, -0.2) is 64.2 Å². The zero-order valence-corrected chi connectivity index (χ0v) is 31.6. The van der Waals surface area contributed by atoms with Crippen LogP contribution in [-0.2, 0) is 37.8 Å². The second-order valence-corrected chi connectivity index (χ2v) is 15.4. The first-order valence-electron chi connectivity index (χ1n) is 17.0. The molecule has 0 saturated carbocycles. The van der Waals surface area contributed by atoms with Crippen LogP contribution in [0.5, 0.6) is 0 Å². The Morgan fingerprint density at radius 2 is 1.62 bits per heavy atom. The highest BCUT2D eigenvalue weighted by Gasteiger charge is 2.29. The third kappa shape index (κ3) is 8.82. The number of aromatic nitrogens is 3. The van der Waals surface area contributed by atoms with E-state index in [1.54, 1.807) is 13.8 Å². The van der Waals surface area contributed by atoms with E-state index in [-0.39, 0.29) is 28.1 Å². The van der Waals surface area contributed by atoms with Crippen molar-refractivity contribution in [2.75, 3.05) is 16.6 Å². The van der Waals surface area contributed by atoms with Crippen molar-refractivity contribution in [2.24, 2.45) is 12.5 Å². The molecule has 3 aromatic carbocycles. The first-order valence-corrected chi connectivity index (χ1v) is 18.5. The molecule has 2 aromatic heterocycles. The van der Waals surface area contributed by atoms with Gasteiger partial charge in [-0.15, -0.1) is 0 Å². The lowest BCUT2D eigenvalue weighted by atomic mass is 9.93. The summed E-state index contributed by atoms with van der Waals surface area (Å²) in [5, 5.41) is 14.5. The van der Waals surface area contributed by atoms with Gasteiger partial charge in [0.2, 0.25) is 5.91 Å². The predicted octanol–water partition coefficient (Wildman–Crippen LogP) is 3.41. The van der Waals surface area contributed by atoms with Gasteiger partial charge in [-0.3, -0.25) is 28.7 Å². The molecule has 294 valence electrons. The van der Waals surface area contributed by atoms with E-state index in [4.69, 9.17) is 4.74 Å². The molecule has 0 fully saturated rings. The topological polar surface area (TPSA) is 208 Å². The summed E-state index contributed by atoms with van der Waals surface area (Å²) in [6.45, 7) is 5.74. The van der Waals surface area contributed by atoms with E-state index in [2.05, 4.69) is 15.6 Å². The van der Waals surface area contributed by atoms with Crippen molar-refractivity contribution in [3.05, 3.63) is 123 Å². The fourth-order valence-corrected chi connectivity index (χ4v) is 6.43. The van der Waals surface area contributed by atoms with Crippen molar-refractivity contribution in [2.45, 2.75) is 51.2 Å². The Bertz CT molecular complexity index is 2550. The highest BCUT2D eigenvalue weighted by Crippen LogP contribution is 2.25. The van der Waals surface area contributed by atoms with Crippen molar-refractivity contribution in [3.8, 4) is 5.69 Å². The molecule has 1 atom stereocenters. The molecule has 2 heterocycles. The van der Waals surface area contributed by atoms with Gasteiger partial charge in [0.1, 0.15) is 17.7 Å². The lowest BCUT2D eigenvalue weighted by Gasteiger charge is -2.20. The Morgan fingerprint density at radius 3 is 2.25 bits per heavy atom. The number of amides is 2. The molecule has 5 aromatic rings. The van der Waals surface area contributed by atoms with Crippen molar-refractivity contribution < 1.29 is 41.4 Å². The second-order valence-electron chi connectivity index (χ2n) is 13.7. The zero-order valence-electron chi connectivity index (χ0n) is 30.8. The molecule has 0 unspecified atom stereocenters. The number of sulfonamides is 1. The SMILES string of the molecule is CC(C)OC(=O)[C@H](Cc1ccc(-n2c(=O)c3ccncc3n(C)c2=O)cc1)NC(=O)c1cc(F)c(NS(=O)(=O)c2ccc(NC(=O)C(C)(C)CO)cc2)cc1F. The predicted molar refractivity (Wildman–Crippen MR) is 202 cm³/mol. The Morgan fingerprint density at radius 1 is 0.964 bits per heavy atom. The van der Waals surface area contributed by atoms with E-state index in [0.717, 1.165) is 16.7 Å². The Hall–Kier alpha value is -6.27. The number of hydrogen-bond donors (Lipinski definition) is 4. The van der Waals surface area contributed by atoms with Crippen molar-refractivity contribution in [1.82, 2.24) is 19.4 Å². The van der Waals surface area contributed by atoms with Crippen LogP contribution in [0.15, 0.2) is 93.6 Å². The average molecular weight is 793 g/mol. The second kappa shape index (κ2) is 16.2. The molecule has 0 aliphatic heterocycles. The first-order chi connectivity index (χ1) is 26.3. The normalized spacial score (nSPS) is 12.3. The summed E-state index contributed by atoms with van der Waals surface area (Å²) in [6, 6.07) is 11.8. The van der Waals surface area contributed by atoms with E-state index < -0.39 is 86.1 Å². The smallest absolute Gasteiger partial charge is 0.335 e. The zero-order chi connectivity index (χ0) is 41.1. The molecule has 0 bridgehead atoms. The van der Waals surface area contributed by atoms with Crippen LogP contribution in [0.2, 0.25) is 0 Å². The number of rotatable bonds is 13. The van der Waals surface area contributed by atoms with Crippen LogP contribution in [0.4, 0.5) is 20.2 Å². The summed E-state index contributed by atoms with van der Waals surface area (Å²) in [4.78, 5) is 68.6. The Balaban J connectivity index is 1.33. The Labute approximate surface area is 319 Å². The lowest BCUT2D eigenvalue weighted by Crippen LogP contribution is -2.44. The van der Waals surface area contributed by atoms with Crippen molar-refractivity contribution in [3.63, 3.8) is 0 Å². The highest BCUT2D eigenvalue weighted by molar-refractivity contribution is 7.92. The molecule has 15 nitrogen and oxygen atoms in total. The average Bonchev–Trinajstić information content (AvgIpc) is 3.15. The molecule has 0 aliphatic rings. The van der Waals surface area contributed by atoms with Crippen LogP contribution in [0.1, 0.15) is 43.6 Å². The van der Waals surface area contributed by atoms with E-state index >= 15 is 8.78 Å². The van der Waals surface area contributed by atoms with Crippen molar-refractivity contribution in [1.29, 1.82) is 0 Å². The summed E-state index contributed by atoms with van der Waals surface area (Å²) in [5.74, 6) is -5.24. The maximum atomic E-state index is 15.3. The summed E-state index contributed by atoms with van der Waals surface area (Å²) < 4.78 is 66.1. The molecular formula is C38H38F2N6O9S. The molecule has 2 amide bonds. The fraction of sp³-hybridized carbons (Fsp3) is 0.263. The third-order valence-electron chi connectivity index (χ3n) is 8.63.